The normalized spacial score (nSPS) is 17.2. The fourth-order valence-corrected chi connectivity index (χ4v) is 3.64. The van der Waals surface area contributed by atoms with Crippen LogP contribution in [0.1, 0.15) is 12.0 Å². The molecule has 0 saturated heterocycles. The quantitative estimate of drug-likeness (QED) is 0.641. The minimum Gasteiger partial charge on any atom is -0.411 e. The number of H-pyrrole nitrogens is 1. The average molecular weight is 292 g/mol. The number of para-hydroxylation sites is 1. The first-order chi connectivity index (χ1) is 9.64. The predicted octanol–water partition coefficient (Wildman–Crippen LogP) is 1.19. The lowest BCUT2D eigenvalue weighted by Crippen LogP contribution is -2.37. The van der Waals surface area contributed by atoms with Crippen molar-refractivity contribution >= 4 is 21.4 Å². The number of hydrogen-bond acceptors (Lipinski definition) is 5. The molecule has 2 heterocycles. The van der Waals surface area contributed by atoms with Crippen LogP contribution in [0.3, 0.4) is 0 Å². The number of aromatic nitrogens is 2. The Hall–Kier alpha value is -2.35. The smallest absolute Gasteiger partial charge is 0.281 e. The number of aromatic amines is 1. The van der Waals surface area contributed by atoms with Crippen LogP contribution in [-0.2, 0) is 10.0 Å². The van der Waals surface area contributed by atoms with Crippen molar-refractivity contribution in [1.29, 1.82) is 0 Å². The summed E-state index contributed by atoms with van der Waals surface area (Å²) in [6.07, 6.45) is 1.74. The first-order valence-corrected chi connectivity index (χ1v) is 7.41. The molecule has 104 valence electrons. The fraction of sp³-hybridized carbons (Fsp3) is 0.167. The van der Waals surface area contributed by atoms with Crippen molar-refractivity contribution in [2.24, 2.45) is 5.16 Å². The molecule has 8 heteroatoms. The molecule has 0 bridgehead atoms. The average Bonchev–Trinajstić information content (AvgIpc) is 3.01. The van der Waals surface area contributed by atoms with E-state index in [2.05, 4.69) is 15.4 Å². The van der Waals surface area contributed by atoms with E-state index in [-0.39, 0.29) is 11.6 Å². The third-order valence-corrected chi connectivity index (χ3v) is 4.94. The van der Waals surface area contributed by atoms with Gasteiger partial charge in [-0.25, -0.2) is 0 Å². The van der Waals surface area contributed by atoms with Gasteiger partial charge in [-0.2, -0.15) is 13.5 Å². The Morgan fingerprint density at radius 2 is 2.10 bits per heavy atom. The number of nitrogens with one attached hydrogen (secondary N) is 1. The van der Waals surface area contributed by atoms with Crippen molar-refractivity contribution in [1.82, 2.24) is 10.2 Å². The lowest BCUT2D eigenvalue weighted by Gasteiger charge is -2.30. The Morgan fingerprint density at radius 3 is 2.80 bits per heavy atom. The molecule has 0 saturated carbocycles. The maximum Gasteiger partial charge on any atom is 0.281 e. The highest BCUT2D eigenvalue weighted by atomic mass is 32.2. The molecule has 0 fully saturated rings. The molecular weight excluding hydrogens is 280 g/mol. The third kappa shape index (κ3) is 1.85. The van der Waals surface area contributed by atoms with Crippen molar-refractivity contribution in [2.75, 3.05) is 10.8 Å². The largest absolute Gasteiger partial charge is 0.411 e. The molecule has 0 radical (unpaired) electrons. The highest BCUT2D eigenvalue weighted by Crippen LogP contribution is 2.31. The van der Waals surface area contributed by atoms with Gasteiger partial charge in [-0.1, -0.05) is 23.4 Å². The van der Waals surface area contributed by atoms with Crippen molar-refractivity contribution < 1.29 is 13.6 Å². The van der Waals surface area contributed by atoms with Gasteiger partial charge in [0.1, 0.15) is 0 Å². The molecule has 2 N–H and O–H groups in total. The Labute approximate surface area is 115 Å². The summed E-state index contributed by atoms with van der Waals surface area (Å²) in [6.45, 7) is 0.220. The van der Waals surface area contributed by atoms with E-state index in [0.29, 0.717) is 23.4 Å². The molecule has 1 aliphatic heterocycles. The van der Waals surface area contributed by atoms with Gasteiger partial charge in [0.05, 0.1) is 17.6 Å². The van der Waals surface area contributed by atoms with E-state index in [4.69, 9.17) is 5.21 Å². The molecule has 0 atom stereocenters. The van der Waals surface area contributed by atoms with Crippen molar-refractivity contribution in [3.63, 3.8) is 0 Å². The summed E-state index contributed by atoms with van der Waals surface area (Å²) in [4.78, 5) is 0. The summed E-state index contributed by atoms with van der Waals surface area (Å²) in [5, 5.41) is 18.4. The minimum absolute atomic E-state index is 0.0386. The van der Waals surface area contributed by atoms with Gasteiger partial charge in [0.25, 0.3) is 10.0 Å². The molecule has 0 amide bonds. The van der Waals surface area contributed by atoms with E-state index in [1.807, 2.05) is 0 Å². The van der Waals surface area contributed by atoms with Crippen LogP contribution in [0.15, 0.2) is 46.7 Å². The number of fused-ring (bicyclic) bond motifs is 1. The number of oxime groups is 1. The minimum atomic E-state index is -3.69. The van der Waals surface area contributed by atoms with Crippen molar-refractivity contribution in [3.8, 4) is 0 Å². The summed E-state index contributed by atoms with van der Waals surface area (Å²) in [6, 6.07) is 8.35. The van der Waals surface area contributed by atoms with Gasteiger partial charge >= 0.3 is 0 Å². The van der Waals surface area contributed by atoms with Gasteiger partial charge in [-0.3, -0.25) is 9.40 Å². The van der Waals surface area contributed by atoms with E-state index in [1.165, 1.54) is 16.6 Å². The molecule has 2 aromatic rings. The highest BCUT2D eigenvalue weighted by molar-refractivity contribution is 7.92. The van der Waals surface area contributed by atoms with E-state index in [9.17, 15) is 8.42 Å². The zero-order valence-electron chi connectivity index (χ0n) is 10.4. The van der Waals surface area contributed by atoms with Crippen molar-refractivity contribution in [3.05, 3.63) is 42.1 Å². The van der Waals surface area contributed by atoms with Crippen LogP contribution in [0.5, 0.6) is 0 Å². The Bertz CT molecular complexity index is 753. The van der Waals surface area contributed by atoms with E-state index in [0.717, 1.165) is 0 Å². The SMILES string of the molecule is O=S(=O)(c1ccn[nH]1)N1CC/C(=N/O)c2ccccc21. The second-order valence-electron chi connectivity index (χ2n) is 4.31. The summed E-state index contributed by atoms with van der Waals surface area (Å²) >= 11 is 0. The van der Waals surface area contributed by atoms with Gasteiger partial charge in [0.2, 0.25) is 0 Å². The molecule has 0 spiro atoms. The van der Waals surface area contributed by atoms with Gasteiger partial charge in [0.15, 0.2) is 5.03 Å². The van der Waals surface area contributed by atoms with Crippen LogP contribution in [0.25, 0.3) is 0 Å². The monoisotopic (exact) mass is 292 g/mol. The number of anilines is 1. The summed E-state index contributed by atoms with van der Waals surface area (Å²) in [7, 11) is -3.69. The standard InChI is InChI=1S/C12H12N4O3S/c17-15-10-6-8-16(11-4-2-1-3-9(10)11)20(18,19)12-5-7-13-14-12/h1-5,7,17H,6,8H2,(H,13,14)/b15-10-. The number of nitrogens with zero attached hydrogens (tertiary/aromatic N) is 3. The van der Waals surface area contributed by atoms with Crippen molar-refractivity contribution in [2.45, 2.75) is 11.4 Å². The maximum atomic E-state index is 12.6. The maximum absolute atomic E-state index is 12.6. The number of benzene rings is 1. The van der Waals surface area contributed by atoms with Crippen LogP contribution < -0.4 is 4.31 Å². The van der Waals surface area contributed by atoms with Crippen LogP contribution in [0.2, 0.25) is 0 Å². The summed E-state index contributed by atoms with van der Waals surface area (Å²) in [5.74, 6) is 0. The zero-order chi connectivity index (χ0) is 14.2. The second-order valence-corrected chi connectivity index (χ2v) is 6.14. The van der Waals surface area contributed by atoms with Crippen LogP contribution in [0, 0.1) is 0 Å². The van der Waals surface area contributed by atoms with E-state index in [1.54, 1.807) is 24.3 Å². The van der Waals surface area contributed by atoms with Crippen LogP contribution in [-0.4, -0.2) is 36.1 Å². The molecule has 20 heavy (non-hydrogen) atoms. The van der Waals surface area contributed by atoms with Gasteiger partial charge in [-0.15, -0.1) is 0 Å². The predicted molar refractivity (Wildman–Crippen MR) is 72.5 cm³/mol. The van der Waals surface area contributed by atoms with E-state index < -0.39 is 10.0 Å². The van der Waals surface area contributed by atoms with Gasteiger partial charge in [-0.05, 0) is 12.1 Å². The fourth-order valence-electron chi connectivity index (χ4n) is 2.26. The van der Waals surface area contributed by atoms with Crippen LogP contribution in [0.4, 0.5) is 5.69 Å². The lowest BCUT2D eigenvalue weighted by molar-refractivity contribution is 0.318. The third-order valence-electron chi connectivity index (χ3n) is 3.20. The molecule has 0 unspecified atom stereocenters. The first kappa shape index (κ1) is 12.7. The van der Waals surface area contributed by atoms with Gasteiger partial charge in [0, 0.05) is 18.5 Å². The lowest BCUT2D eigenvalue weighted by atomic mass is 10.0. The molecule has 1 aromatic heterocycles. The second kappa shape index (κ2) is 4.64. The number of rotatable bonds is 2. The Balaban J connectivity index is 2.14. The molecule has 0 aliphatic carbocycles. The summed E-state index contributed by atoms with van der Waals surface area (Å²) < 4.78 is 26.4. The summed E-state index contributed by atoms with van der Waals surface area (Å²) in [5.41, 5.74) is 1.60. The van der Waals surface area contributed by atoms with Gasteiger partial charge < -0.3 is 5.21 Å². The molecule has 7 nitrogen and oxygen atoms in total. The molecule has 3 rings (SSSR count). The molecule has 1 aliphatic rings. The first-order valence-electron chi connectivity index (χ1n) is 5.97. The highest BCUT2D eigenvalue weighted by Gasteiger charge is 2.32. The molecular formula is C12H12N4O3S. The van der Waals surface area contributed by atoms with E-state index >= 15 is 0 Å². The Kier molecular flexibility index (Phi) is 2.94. The van der Waals surface area contributed by atoms with Crippen LogP contribution >= 0.6 is 0 Å². The number of hydrogen-bond donors (Lipinski definition) is 2. The topological polar surface area (TPSA) is 98.7 Å². The number of sulfonamides is 1. The Morgan fingerprint density at radius 1 is 1.30 bits per heavy atom. The zero-order valence-corrected chi connectivity index (χ0v) is 11.2. The molecule has 1 aromatic carbocycles.